The number of quaternary nitrogens is 1. The minimum Gasteiger partial charge on any atom is -0.382 e. The van der Waals surface area contributed by atoms with Gasteiger partial charge in [-0.15, -0.1) is 6.58 Å². The van der Waals surface area contributed by atoms with Gasteiger partial charge in [0.05, 0.1) is 18.6 Å². The van der Waals surface area contributed by atoms with Crippen LogP contribution in [0.2, 0.25) is 0 Å². The van der Waals surface area contributed by atoms with Gasteiger partial charge >= 0.3 is 0 Å². The van der Waals surface area contributed by atoms with Crippen LogP contribution in [0.5, 0.6) is 0 Å². The molecule has 3 heteroatoms. The second-order valence-corrected chi connectivity index (χ2v) is 8.88. The zero-order chi connectivity index (χ0) is 19.8. The van der Waals surface area contributed by atoms with E-state index in [0.29, 0.717) is 11.8 Å². The Hall–Kier alpha value is -2.49. The number of aliphatic hydroxyl groups excluding tert-OH is 1. The van der Waals surface area contributed by atoms with Gasteiger partial charge in [-0.1, -0.05) is 54.6 Å². The summed E-state index contributed by atoms with van der Waals surface area (Å²) in [6.07, 6.45) is 5.79. The molecule has 1 aromatic heterocycles. The van der Waals surface area contributed by atoms with E-state index >= 15 is 0 Å². The van der Waals surface area contributed by atoms with E-state index in [2.05, 4.69) is 54.0 Å². The molecule has 0 spiro atoms. The van der Waals surface area contributed by atoms with E-state index in [1.165, 1.54) is 12.0 Å². The highest BCUT2D eigenvalue weighted by Gasteiger charge is 2.53. The summed E-state index contributed by atoms with van der Waals surface area (Å²) in [5.74, 6) is 1.18. The maximum absolute atomic E-state index is 11.7. The highest BCUT2D eigenvalue weighted by atomic mass is 16.3. The molecule has 0 saturated carbocycles. The van der Waals surface area contributed by atoms with Crippen molar-refractivity contribution in [2.45, 2.75) is 31.5 Å². The first-order valence-electron chi connectivity index (χ1n) is 10.7. The average Bonchev–Trinajstić information content (AvgIpc) is 2.78. The van der Waals surface area contributed by atoms with E-state index in [9.17, 15) is 5.11 Å². The Bertz CT molecular complexity index is 1010. The van der Waals surface area contributed by atoms with Crippen molar-refractivity contribution in [2.75, 3.05) is 13.1 Å². The fourth-order valence-corrected chi connectivity index (χ4v) is 5.91. The molecule has 3 saturated heterocycles. The lowest BCUT2D eigenvalue weighted by molar-refractivity contribution is -0.984. The summed E-state index contributed by atoms with van der Waals surface area (Å²) in [7, 11) is 0. The molecular formula is C26H29N2O+. The Morgan fingerprint density at radius 3 is 2.72 bits per heavy atom. The summed E-state index contributed by atoms with van der Waals surface area (Å²) in [6, 6.07) is 21.2. The molecule has 3 fully saturated rings. The maximum Gasteiger partial charge on any atom is 0.131 e. The van der Waals surface area contributed by atoms with Gasteiger partial charge in [0.25, 0.3) is 0 Å². The van der Waals surface area contributed by atoms with Crippen LogP contribution in [0.4, 0.5) is 0 Å². The molecule has 148 valence electrons. The van der Waals surface area contributed by atoms with Crippen LogP contribution in [0, 0.1) is 11.8 Å². The molecule has 29 heavy (non-hydrogen) atoms. The van der Waals surface area contributed by atoms with Crippen LogP contribution >= 0.6 is 0 Å². The van der Waals surface area contributed by atoms with Crippen LogP contribution in [0.1, 0.15) is 30.1 Å². The third-order valence-corrected chi connectivity index (χ3v) is 7.38. The average molecular weight is 386 g/mol. The van der Waals surface area contributed by atoms with Gasteiger partial charge in [-0.2, -0.15) is 0 Å². The van der Waals surface area contributed by atoms with Gasteiger partial charge < -0.3 is 9.59 Å². The number of para-hydroxylation sites is 1. The summed E-state index contributed by atoms with van der Waals surface area (Å²) < 4.78 is 0.953. The first-order valence-corrected chi connectivity index (χ1v) is 10.7. The van der Waals surface area contributed by atoms with Gasteiger partial charge in [-0.25, -0.2) is 0 Å². The van der Waals surface area contributed by atoms with E-state index < -0.39 is 6.10 Å². The Labute approximate surface area is 172 Å². The second kappa shape index (κ2) is 7.40. The van der Waals surface area contributed by atoms with Crippen molar-refractivity contribution < 1.29 is 9.59 Å². The number of nitrogens with zero attached hydrogens (tertiary/aromatic N) is 2. The van der Waals surface area contributed by atoms with Crippen molar-refractivity contribution in [3.8, 4) is 0 Å². The van der Waals surface area contributed by atoms with Gasteiger partial charge in [-0.3, -0.25) is 4.98 Å². The molecule has 3 aliphatic heterocycles. The number of rotatable bonds is 5. The van der Waals surface area contributed by atoms with E-state index in [1.54, 1.807) is 0 Å². The lowest BCUT2D eigenvalue weighted by atomic mass is 9.71. The summed E-state index contributed by atoms with van der Waals surface area (Å²) >= 11 is 0. The number of benzene rings is 2. The third-order valence-electron chi connectivity index (χ3n) is 7.38. The summed E-state index contributed by atoms with van der Waals surface area (Å²) in [4.78, 5) is 4.50. The van der Waals surface area contributed by atoms with Crippen LogP contribution in [0.25, 0.3) is 10.9 Å². The summed E-state index contributed by atoms with van der Waals surface area (Å²) in [6.45, 7) is 7.32. The van der Waals surface area contributed by atoms with E-state index in [4.69, 9.17) is 0 Å². The number of fused-ring (bicyclic) bond motifs is 4. The van der Waals surface area contributed by atoms with E-state index in [0.717, 1.165) is 47.0 Å². The Kier molecular flexibility index (Phi) is 4.73. The SMILES string of the molecule is C=C[C@H]1C[N@+]2(Cc3ccccc3)CC[C@H]1C[C@@H]2C(O)c1ccnc2ccccc12. The molecule has 0 aliphatic carbocycles. The molecule has 6 rings (SSSR count). The van der Waals surface area contributed by atoms with Crippen LogP contribution in [0.3, 0.4) is 0 Å². The lowest BCUT2D eigenvalue weighted by Crippen LogP contribution is -2.67. The van der Waals surface area contributed by atoms with Crippen molar-refractivity contribution in [2.24, 2.45) is 11.8 Å². The quantitative estimate of drug-likeness (QED) is 0.502. The van der Waals surface area contributed by atoms with Crippen LogP contribution in [-0.2, 0) is 6.54 Å². The van der Waals surface area contributed by atoms with Gasteiger partial charge in [0, 0.05) is 35.9 Å². The molecule has 3 aliphatic rings. The number of hydrogen-bond acceptors (Lipinski definition) is 2. The second-order valence-electron chi connectivity index (χ2n) is 8.88. The number of pyridine rings is 1. The van der Waals surface area contributed by atoms with Crippen molar-refractivity contribution in [3.63, 3.8) is 0 Å². The lowest BCUT2D eigenvalue weighted by Gasteiger charge is -2.58. The molecule has 1 unspecified atom stereocenters. The zero-order valence-electron chi connectivity index (χ0n) is 16.8. The highest BCUT2D eigenvalue weighted by Crippen LogP contribution is 2.47. The molecule has 2 aromatic carbocycles. The Morgan fingerprint density at radius 1 is 1.10 bits per heavy atom. The van der Waals surface area contributed by atoms with Gasteiger partial charge in [0.1, 0.15) is 18.7 Å². The van der Waals surface area contributed by atoms with Crippen LogP contribution in [-0.4, -0.2) is 33.7 Å². The fourth-order valence-electron chi connectivity index (χ4n) is 5.91. The molecule has 0 radical (unpaired) electrons. The van der Waals surface area contributed by atoms with Crippen molar-refractivity contribution in [1.29, 1.82) is 0 Å². The topological polar surface area (TPSA) is 33.1 Å². The first-order chi connectivity index (χ1) is 14.2. The predicted octanol–water partition coefficient (Wildman–Crippen LogP) is 4.88. The van der Waals surface area contributed by atoms with Crippen molar-refractivity contribution in [3.05, 3.63) is 90.6 Å². The summed E-state index contributed by atoms with van der Waals surface area (Å²) in [5, 5.41) is 12.8. The largest absolute Gasteiger partial charge is 0.382 e. The van der Waals surface area contributed by atoms with E-state index in [-0.39, 0.29) is 6.04 Å². The molecule has 0 amide bonds. The molecule has 1 N–H and O–H groups in total. The van der Waals surface area contributed by atoms with Gasteiger partial charge in [0.2, 0.25) is 0 Å². The molecular weight excluding hydrogens is 356 g/mol. The zero-order valence-corrected chi connectivity index (χ0v) is 16.8. The monoisotopic (exact) mass is 385 g/mol. The maximum atomic E-state index is 11.7. The molecule has 2 bridgehead atoms. The number of hydrogen-bond donors (Lipinski definition) is 1. The first kappa shape index (κ1) is 18.5. The van der Waals surface area contributed by atoms with Crippen molar-refractivity contribution >= 4 is 10.9 Å². The minimum absolute atomic E-state index is 0.205. The van der Waals surface area contributed by atoms with Crippen LogP contribution < -0.4 is 0 Å². The van der Waals surface area contributed by atoms with Gasteiger partial charge in [-0.05, 0) is 23.6 Å². The third kappa shape index (κ3) is 3.19. The summed E-state index contributed by atoms with van der Waals surface area (Å²) in [5.41, 5.74) is 3.33. The predicted molar refractivity (Wildman–Crippen MR) is 117 cm³/mol. The van der Waals surface area contributed by atoms with Gasteiger partial charge in [0.15, 0.2) is 0 Å². The molecule has 3 nitrogen and oxygen atoms in total. The number of aliphatic hydroxyl groups is 1. The Balaban J connectivity index is 1.56. The Morgan fingerprint density at radius 2 is 1.90 bits per heavy atom. The highest BCUT2D eigenvalue weighted by molar-refractivity contribution is 5.82. The van der Waals surface area contributed by atoms with Crippen LogP contribution in [0.15, 0.2) is 79.5 Å². The number of aromatic nitrogens is 1. The smallest absolute Gasteiger partial charge is 0.131 e. The normalized spacial score (nSPS) is 29.6. The molecule has 4 heterocycles. The van der Waals surface area contributed by atoms with Crippen molar-refractivity contribution in [1.82, 2.24) is 4.98 Å². The minimum atomic E-state index is -0.486. The number of piperidine rings is 3. The fraction of sp³-hybridized carbons (Fsp3) is 0.346. The molecule has 3 aromatic rings. The van der Waals surface area contributed by atoms with E-state index in [1.807, 2.05) is 30.5 Å². The molecule has 5 atom stereocenters. The standard InChI is InChI=1S/C26H29N2O/c1-2-20-18-28(17-19-8-4-3-5-9-19)15-13-21(20)16-25(28)26(29)23-12-14-27-24-11-7-6-10-22(23)24/h2-12,14,20-21,25-26,29H,1,13,15-18H2/q+1/t20-,21-,25+,26?,28+/m0/s1.